The summed E-state index contributed by atoms with van der Waals surface area (Å²) in [4.78, 5) is 3.10. The molecule has 0 fully saturated rings. The number of hydrogen-bond acceptors (Lipinski definition) is 0. The minimum absolute atomic E-state index is 0. The molecule has 0 aliphatic rings. The molecule has 0 aromatic heterocycles. The number of nitrogens with zero attached hydrogens (tertiary/aromatic N) is 1. The van der Waals surface area contributed by atoms with Crippen LogP contribution in [0.15, 0.2) is 115 Å². The van der Waals surface area contributed by atoms with Gasteiger partial charge in [-0.2, -0.15) is 43.6 Å². The summed E-state index contributed by atoms with van der Waals surface area (Å²) in [5, 5.41) is 5.51. The van der Waals surface area contributed by atoms with Crippen LogP contribution in [-0.2, 0) is 91.9 Å². The minimum atomic E-state index is -0.565. The molecular formula is C36H27NO7Os3P2. The summed E-state index contributed by atoms with van der Waals surface area (Å²) in [6, 6.07) is 44.3. The Hall–Kier alpha value is -2.68. The average Bonchev–Trinajstić information content (AvgIpc) is 3.20. The van der Waals surface area contributed by atoms with Crippen LogP contribution in [0.4, 0.5) is 0 Å². The van der Waals surface area contributed by atoms with Crippen molar-refractivity contribution in [2.24, 2.45) is 0 Å². The fraction of sp³-hybridized carbons (Fsp3) is 0.0833. The molecular weight excluding hydrogens is 1190 g/mol. The van der Waals surface area contributed by atoms with Gasteiger partial charge in [-0.05, 0) is 0 Å². The third-order valence-corrected chi connectivity index (χ3v) is 9.88. The summed E-state index contributed by atoms with van der Waals surface area (Å²) >= 11 is 0. The summed E-state index contributed by atoms with van der Waals surface area (Å²) in [6.07, 6.45) is 0.990. The smallest absolute Gasteiger partial charge is 0.270 e. The zero-order chi connectivity index (χ0) is 36.4. The van der Waals surface area contributed by atoms with Crippen LogP contribution in [0.1, 0.15) is 13.3 Å². The molecule has 4 aromatic carbocycles. The van der Waals surface area contributed by atoms with E-state index >= 15 is 0 Å². The van der Waals surface area contributed by atoms with Gasteiger partial charge in [-0.3, -0.25) is 13.8 Å². The van der Waals surface area contributed by atoms with Crippen molar-refractivity contribution in [3.8, 4) is 0 Å². The van der Waals surface area contributed by atoms with Gasteiger partial charge in [0.05, 0.1) is 0 Å². The maximum Gasteiger partial charge on any atom is 2.00 e. The van der Waals surface area contributed by atoms with Crippen molar-refractivity contribution >= 4 is 37.1 Å². The Morgan fingerprint density at radius 3 is 1.04 bits per heavy atom. The average molecular weight is 1220 g/mol. The molecule has 0 amide bonds. The zero-order valence-electron chi connectivity index (χ0n) is 25.7. The van der Waals surface area contributed by atoms with E-state index in [1.807, 2.05) is 13.0 Å². The molecule has 1 unspecified atom stereocenters. The third-order valence-electron chi connectivity index (χ3n) is 4.64. The molecule has 1 atom stereocenters. The van der Waals surface area contributed by atoms with E-state index in [4.69, 9.17) is 39.1 Å². The summed E-state index contributed by atoms with van der Waals surface area (Å²) in [7, 11) is -1.11. The van der Waals surface area contributed by atoms with Crippen molar-refractivity contribution in [2.75, 3.05) is 6.54 Å². The molecule has 0 heterocycles. The summed E-state index contributed by atoms with van der Waals surface area (Å²) in [5.74, 6) is 2.59. The summed E-state index contributed by atoms with van der Waals surface area (Å²) < 4.78 is 52.5. The minimum Gasteiger partial charge on any atom is -0.270 e. The molecule has 49 heavy (non-hydrogen) atoms. The van der Waals surface area contributed by atoms with Crippen molar-refractivity contribution in [3.05, 3.63) is 185 Å². The first kappa shape index (κ1) is 64.8. The Morgan fingerprint density at radius 2 is 0.816 bits per heavy atom. The second-order valence-corrected chi connectivity index (χ2v) is 11.5. The van der Waals surface area contributed by atoms with E-state index in [9.17, 15) is 0 Å². The van der Waals surface area contributed by atoms with Gasteiger partial charge < -0.3 is 4.85 Å². The Kier molecular flexibility index (Phi) is 76.1. The topological polar surface area (TPSA) is 144 Å². The van der Waals surface area contributed by atoms with Crippen LogP contribution in [0.5, 0.6) is 0 Å². The first-order valence-electron chi connectivity index (χ1n) is 12.1. The van der Waals surface area contributed by atoms with Gasteiger partial charge in [0.1, 0.15) is 0 Å². The van der Waals surface area contributed by atoms with E-state index in [-0.39, 0.29) is 59.4 Å². The maximum absolute atomic E-state index is 7.50. The van der Waals surface area contributed by atoms with Crippen LogP contribution >= 0.6 is 15.8 Å². The molecule has 4 aromatic rings. The van der Waals surface area contributed by atoms with Gasteiger partial charge in [-0.25, -0.2) is 6.57 Å². The van der Waals surface area contributed by atoms with Gasteiger partial charge >= 0.3 is 98.9 Å². The second-order valence-electron chi connectivity index (χ2n) is 7.01. The van der Waals surface area contributed by atoms with Crippen LogP contribution in [0.25, 0.3) is 4.85 Å². The molecule has 0 saturated carbocycles. The molecule has 4 rings (SSSR count). The molecule has 0 saturated heterocycles. The molecule has 0 aliphatic heterocycles. The van der Waals surface area contributed by atoms with Gasteiger partial charge in [-0.1, -0.05) is 114 Å². The van der Waals surface area contributed by atoms with Crippen LogP contribution in [0.2, 0.25) is 0 Å². The Balaban J connectivity index is -0.000000110. The SMILES string of the molecule is [C-]#[N+]CCC.[C-]#[O+].[C-]#[O+].[C-]#[O+].[C-]#[O+].[C-]#[O+].[C-]#[O+].[C-]#[O+].[Os+2].[Os].[Os].[c-]1cccc(P([CH-]P(c2ccccc2)c2ccccc2)c2ccccc2)c1. The van der Waals surface area contributed by atoms with E-state index in [1.165, 1.54) is 21.2 Å². The predicted molar refractivity (Wildman–Crippen MR) is 171 cm³/mol. The van der Waals surface area contributed by atoms with Crippen LogP contribution < -0.4 is 21.2 Å². The van der Waals surface area contributed by atoms with Crippen molar-refractivity contribution in [3.63, 3.8) is 0 Å². The fourth-order valence-corrected chi connectivity index (χ4v) is 8.69. The second kappa shape index (κ2) is 57.6. The molecule has 252 valence electrons. The van der Waals surface area contributed by atoms with E-state index < -0.39 is 15.8 Å². The first-order valence-corrected chi connectivity index (χ1v) is 15.0. The van der Waals surface area contributed by atoms with Crippen molar-refractivity contribution < 1.29 is 91.9 Å². The van der Waals surface area contributed by atoms with Crippen LogP contribution in [0.3, 0.4) is 0 Å². The summed E-state index contributed by atoms with van der Waals surface area (Å²) in [6.45, 7) is 40.4. The molecule has 0 spiro atoms. The number of rotatable bonds is 7. The summed E-state index contributed by atoms with van der Waals surface area (Å²) in [5.41, 5.74) is 0. The first-order chi connectivity index (χ1) is 22.8. The monoisotopic (exact) mass is 1220 g/mol. The third kappa shape index (κ3) is 32.3. The molecule has 0 N–H and O–H groups in total. The van der Waals surface area contributed by atoms with Gasteiger partial charge in [0, 0.05) is 46.0 Å². The van der Waals surface area contributed by atoms with Gasteiger partial charge in [-0.15, -0.1) is 0 Å². The quantitative estimate of drug-likeness (QED) is 0.118. The van der Waals surface area contributed by atoms with Gasteiger partial charge in [0.25, 0.3) is 0 Å². The van der Waals surface area contributed by atoms with E-state index in [0.717, 1.165) is 6.42 Å². The molecule has 13 heteroatoms. The largest absolute Gasteiger partial charge is 2.00 e. The number of hydrogen-bond donors (Lipinski definition) is 0. The van der Waals surface area contributed by atoms with Gasteiger partial charge in [0.2, 0.25) is 6.54 Å². The van der Waals surface area contributed by atoms with E-state index in [0.29, 0.717) is 6.54 Å². The van der Waals surface area contributed by atoms with Crippen molar-refractivity contribution in [1.82, 2.24) is 0 Å². The van der Waals surface area contributed by atoms with Crippen molar-refractivity contribution in [1.29, 1.82) is 0 Å². The number of benzene rings is 4. The van der Waals surface area contributed by atoms with Crippen LogP contribution in [0, 0.1) is 65.1 Å². The van der Waals surface area contributed by atoms with Crippen LogP contribution in [-0.4, -0.2) is 6.54 Å². The molecule has 8 nitrogen and oxygen atoms in total. The van der Waals surface area contributed by atoms with Crippen molar-refractivity contribution in [2.45, 2.75) is 13.3 Å². The van der Waals surface area contributed by atoms with E-state index in [2.05, 4.69) is 173 Å². The zero-order valence-corrected chi connectivity index (χ0v) is 35.1. The Labute approximate surface area is 331 Å². The Bertz CT molecular complexity index is 1190. The Morgan fingerprint density at radius 1 is 0.531 bits per heavy atom. The molecule has 0 aliphatic carbocycles. The standard InChI is InChI=1S/C25H20P2.C4H7N.7CO.3Os/c1-5-13-22(14-6-1)26(23-15-7-2-8-16-23)21-27(24-17-9-3-10-18-24)25-19-11-4-12-20-25;1-3-4-5-2;7*1-2;;;/h1-11,13-21H;3-4H2,1H3;;;;;;;;;;/q-2;;;;;;;;;;;+2. The normalized spacial score (nSPS) is 7.57. The van der Waals surface area contributed by atoms with Gasteiger partial charge in [0.15, 0.2) is 0 Å². The molecule has 0 radical (unpaired) electrons. The molecule has 0 bridgehead atoms. The maximum atomic E-state index is 7.50. The fourth-order valence-electron chi connectivity index (χ4n) is 3.09. The van der Waals surface area contributed by atoms with E-state index in [1.54, 1.807) is 0 Å². The predicted octanol–water partition coefficient (Wildman–Crippen LogP) is 6.22.